The Bertz CT molecular complexity index is 1180. The third-order valence-corrected chi connectivity index (χ3v) is 6.29. The van der Waals surface area contributed by atoms with Gasteiger partial charge in [-0.2, -0.15) is 0 Å². The average Bonchev–Trinajstić information content (AvgIpc) is 2.68. The number of nitrogens with zero attached hydrogens (tertiary/aromatic N) is 1. The summed E-state index contributed by atoms with van der Waals surface area (Å²) in [7, 11) is -3.48. The van der Waals surface area contributed by atoms with Crippen molar-refractivity contribution in [2.24, 2.45) is 0 Å². The number of amides is 1. The predicted octanol–water partition coefficient (Wildman–Crippen LogP) is 5.52. The summed E-state index contributed by atoms with van der Waals surface area (Å²) in [4.78, 5) is 12.5. The largest absolute Gasteiger partial charge is 0.322 e. The van der Waals surface area contributed by atoms with Crippen molar-refractivity contribution in [3.05, 3.63) is 93.5 Å². The van der Waals surface area contributed by atoms with E-state index in [1.54, 1.807) is 48.5 Å². The number of hydrogen-bond donors (Lipinski definition) is 1. The molecule has 3 aromatic rings. The molecule has 5 nitrogen and oxygen atoms in total. The third-order valence-electron chi connectivity index (χ3n) is 4.41. The molecule has 0 saturated carbocycles. The number of hydrogen-bond acceptors (Lipinski definition) is 3. The summed E-state index contributed by atoms with van der Waals surface area (Å²) >= 11 is 11.9. The Labute approximate surface area is 186 Å². The van der Waals surface area contributed by atoms with Crippen LogP contribution in [0.3, 0.4) is 0 Å². The van der Waals surface area contributed by atoms with E-state index in [0.717, 1.165) is 11.1 Å². The van der Waals surface area contributed by atoms with Crippen molar-refractivity contribution in [2.45, 2.75) is 13.5 Å². The summed E-state index contributed by atoms with van der Waals surface area (Å²) in [6.45, 7) is 2.07. The fraction of sp³-hybridized carbons (Fsp3) is 0.136. The van der Waals surface area contributed by atoms with Crippen LogP contribution in [0.15, 0.2) is 66.7 Å². The van der Waals surface area contributed by atoms with E-state index in [9.17, 15) is 13.2 Å². The Kier molecular flexibility index (Phi) is 6.71. The van der Waals surface area contributed by atoms with Crippen LogP contribution in [0.4, 0.5) is 11.4 Å². The van der Waals surface area contributed by atoms with Crippen molar-refractivity contribution in [3.8, 4) is 0 Å². The van der Waals surface area contributed by atoms with Gasteiger partial charge in [-0.25, -0.2) is 8.42 Å². The second-order valence-electron chi connectivity index (χ2n) is 6.89. The standard InChI is InChI=1S/C22H20Cl2N2O3S/c1-15-4-3-5-19(12-15)26(30(2,28)29)14-16-6-8-17(9-7-16)22(27)25-18-10-11-20(23)21(24)13-18/h3-13H,14H2,1-2H3,(H,25,27). The van der Waals surface area contributed by atoms with Crippen LogP contribution < -0.4 is 9.62 Å². The molecule has 0 spiro atoms. The molecule has 1 amide bonds. The van der Waals surface area contributed by atoms with Crippen molar-refractivity contribution in [2.75, 3.05) is 15.9 Å². The Morgan fingerprint density at radius 1 is 0.967 bits per heavy atom. The topological polar surface area (TPSA) is 66.5 Å². The quantitative estimate of drug-likeness (QED) is 0.524. The molecule has 156 valence electrons. The zero-order valence-electron chi connectivity index (χ0n) is 16.4. The van der Waals surface area contributed by atoms with Gasteiger partial charge < -0.3 is 5.32 Å². The predicted molar refractivity (Wildman–Crippen MR) is 123 cm³/mol. The molecule has 0 aromatic heterocycles. The first-order valence-electron chi connectivity index (χ1n) is 9.03. The number of anilines is 2. The van der Waals surface area contributed by atoms with Crippen molar-refractivity contribution < 1.29 is 13.2 Å². The molecular formula is C22H20Cl2N2O3S. The lowest BCUT2D eigenvalue weighted by atomic mass is 10.1. The Balaban J connectivity index is 1.76. The molecule has 0 atom stereocenters. The van der Waals surface area contributed by atoms with Crippen LogP contribution in [0.1, 0.15) is 21.5 Å². The van der Waals surface area contributed by atoms with Gasteiger partial charge in [-0.05, 0) is 60.5 Å². The van der Waals surface area contributed by atoms with Gasteiger partial charge in [0.1, 0.15) is 0 Å². The highest BCUT2D eigenvalue weighted by Gasteiger charge is 2.18. The second kappa shape index (κ2) is 9.08. The highest BCUT2D eigenvalue weighted by molar-refractivity contribution is 7.92. The second-order valence-corrected chi connectivity index (χ2v) is 9.61. The molecule has 0 bridgehead atoms. The molecule has 0 radical (unpaired) electrons. The Hall–Kier alpha value is -2.54. The van der Waals surface area contributed by atoms with Crippen LogP contribution in [0, 0.1) is 6.92 Å². The minimum atomic E-state index is -3.48. The number of benzene rings is 3. The Morgan fingerprint density at radius 3 is 2.27 bits per heavy atom. The molecule has 1 N–H and O–H groups in total. The number of rotatable bonds is 6. The maximum Gasteiger partial charge on any atom is 0.255 e. The van der Waals surface area contributed by atoms with Gasteiger partial charge in [-0.3, -0.25) is 9.10 Å². The molecule has 30 heavy (non-hydrogen) atoms. The average molecular weight is 463 g/mol. The van der Waals surface area contributed by atoms with E-state index in [4.69, 9.17) is 23.2 Å². The van der Waals surface area contributed by atoms with Gasteiger partial charge >= 0.3 is 0 Å². The summed E-state index contributed by atoms with van der Waals surface area (Å²) < 4.78 is 26.0. The zero-order chi connectivity index (χ0) is 21.9. The van der Waals surface area contributed by atoms with Crippen LogP contribution in [-0.4, -0.2) is 20.6 Å². The maximum atomic E-state index is 12.5. The van der Waals surface area contributed by atoms with E-state index in [0.29, 0.717) is 27.0 Å². The number of nitrogens with one attached hydrogen (secondary N) is 1. The molecule has 0 heterocycles. The molecule has 0 fully saturated rings. The number of carbonyl (C=O) groups is 1. The van der Waals surface area contributed by atoms with Gasteiger partial charge in [0.15, 0.2) is 0 Å². The highest BCUT2D eigenvalue weighted by Crippen LogP contribution is 2.25. The van der Waals surface area contributed by atoms with Crippen molar-refractivity contribution in [1.82, 2.24) is 0 Å². The van der Waals surface area contributed by atoms with Crippen LogP contribution in [0.25, 0.3) is 0 Å². The first-order chi connectivity index (χ1) is 14.1. The van der Waals surface area contributed by atoms with Crippen molar-refractivity contribution in [1.29, 1.82) is 0 Å². The molecule has 3 rings (SSSR count). The summed E-state index contributed by atoms with van der Waals surface area (Å²) in [5.41, 5.74) is 3.29. The monoisotopic (exact) mass is 462 g/mol. The smallest absolute Gasteiger partial charge is 0.255 e. The van der Waals surface area contributed by atoms with Crippen molar-refractivity contribution >= 4 is 50.5 Å². The summed E-state index contributed by atoms with van der Waals surface area (Å²) in [6, 6.07) is 18.9. The van der Waals surface area contributed by atoms with Crippen LogP contribution in [0.2, 0.25) is 10.0 Å². The molecule has 3 aromatic carbocycles. The molecule has 0 aliphatic carbocycles. The van der Waals surface area contributed by atoms with Crippen LogP contribution in [-0.2, 0) is 16.6 Å². The molecule has 0 saturated heterocycles. The summed E-state index contributed by atoms with van der Waals surface area (Å²) in [5.74, 6) is -0.307. The lowest BCUT2D eigenvalue weighted by Gasteiger charge is -2.23. The van der Waals surface area contributed by atoms with Crippen molar-refractivity contribution in [3.63, 3.8) is 0 Å². The zero-order valence-corrected chi connectivity index (χ0v) is 18.7. The lowest BCUT2D eigenvalue weighted by molar-refractivity contribution is 0.102. The van der Waals surface area contributed by atoms with Gasteiger partial charge in [0.2, 0.25) is 10.0 Å². The molecule has 0 aliphatic heterocycles. The molecular weight excluding hydrogens is 443 g/mol. The van der Waals surface area contributed by atoms with Gasteiger partial charge in [-0.1, -0.05) is 47.5 Å². The van der Waals surface area contributed by atoms with E-state index >= 15 is 0 Å². The normalized spacial score (nSPS) is 11.2. The van der Waals surface area contributed by atoms with Gasteiger partial charge in [0, 0.05) is 11.3 Å². The number of carbonyl (C=O) groups excluding carboxylic acids is 1. The minimum absolute atomic E-state index is 0.164. The highest BCUT2D eigenvalue weighted by atomic mass is 35.5. The van der Waals surface area contributed by atoms with E-state index in [1.807, 2.05) is 25.1 Å². The molecule has 0 unspecified atom stereocenters. The van der Waals surface area contributed by atoms with E-state index < -0.39 is 10.0 Å². The number of sulfonamides is 1. The first-order valence-corrected chi connectivity index (χ1v) is 11.6. The maximum absolute atomic E-state index is 12.5. The van der Waals surface area contributed by atoms with Gasteiger partial charge in [0.25, 0.3) is 5.91 Å². The van der Waals surface area contributed by atoms with Crippen LogP contribution >= 0.6 is 23.2 Å². The van der Waals surface area contributed by atoms with E-state index in [1.165, 1.54) is 10.6 Å². The van der Waals surface area contributed by atoms with Gasteiger partial charge in [-0.15, -0.1) is 0 Å². The van der Waals surface area contributed by atoms with Gasteiger partial charge in [0.05, 0.1) is 28.5 Å². The number of halogens is 2. The fourth-order valence-corrected chi connectivity index (χ4v) is 4.07. The van der Waals surface area contributed by atoms with E-state index in [-0.39, 0.29) is 12.5 Å². The molecule has 8 heteroatoms. The minimum Gasteiger partial charge on any atom is -0.322 e. The number of aryl methyl sites for hydroxylation is 1. The SMILES string of the molecule is Cc1cccc(N(Cc2ccc(C(=O)Nc3ccc(Cl)c(Cl)c3)cc2)S(C)(=O)=O)c1. The lowest BCUT2D eigenvalue weighted by Crippen LogP contribution is -2.29. The Morgan fingerprint density at radius 2 is 1.67 bits per heavy atom. The third kappa shape index (κ3) is 5.53. The summed E-state index contributed by atoms with van der Waals surface area (Å²) in [5, 5.41) is 3.51. The first kappa shape index (κ1) is 22.2. The molecule has 0 aliphatic rings. The van der Waals surface area contributed by atoms with E-state index in [2.05, 4.69) is 5.32 Å². The fourth-order valence-electron chi connectivity index (χ4n) is 2.89. The van der Waals surface area contributed by atoms with Crippen LogP contribution in [0.5, 0.6) is 0 Å². The summed E-state index contributed by atoms with van der Waals surface area (Å²) in [6.07, 6.45) is 1.17.